The molecule has 1 atom stereocenters. The summed E-state index contributed by atoms with van der Waals surface area (Å²) in [5.74, 6) is -0.104. The second-order valence-corrected chi connectivity index (χ2v) is 6.05. The molecule has 1 aliphatic heterocycles. The van der Waals surface area contributed by atoms with Crippen molar-refractivity contribution in [3.8, 4) is 0 Å². The number of carbonyl (C=O) groups excluding carboxylic acids is 2. The molecule has 0 saturated carbocycles. The highest BCUT2D eigenvalue weighted by molar-refractivity contribution is 5.92. The summed E-state index contributed by atoms with van der Waals surface area (Å²) >= 11 is 0. The fourth-order valence-corrected chi connectivity index (χ4v) is 2.77. The minimum Gasteiger partial charge on any atom is -0.342 e. The first-order valence-electron chi connectivity index (χ1n) is 7.20. The molecule has 2 amide bonds. The van der Waals surface area contributed by atoms with Gasteiger partial charge in [0.25, 0.3) is 0 Å². The van der Waals surface area contributed by atoms with E-state index in [0.717, 1.165) is 5.56 Å². The molecule has 1 aromatic carbocycles. The van der Waals surface area contributed by atoms with Gasteiger partial charge in [-0.05, 0) is 19.4 Å². The van der Waals surface area contributed by atoms with Crippen molar-refractivity contribution in [1.82, 2.24) is 9.80 Å². The Morgan fingerprint density at radius 2 is 1.90 bits per heavy atom. The fraction of sp³-hybridized carbons (Fsp3) is 0.500. The number of carbonyl (C=O) groups is 2. The van der Waals surface area contributed by atoms with Gasteiger partial charge in [0.05, 0.1) is 0 Å². The summed E-state index contributed by atoms with van der Waals surface area (Å²) in [5, 5.41) is 0. The molecule has 21 heavy (non-hydrogen) atoms. The Kier molecular flexibility index (Phi) is 4.32. The van der Waals surface area contributed by atoms with E-state index < -0.39 is 5.54 Å². The molecule has 1 aliphatic rings. The van der Waals surface area contributed by atoms with E-state index in [1.807, 2.05) is 30.3 Å². The lowest BCUT2D eigenvalue weighted by Crippen LogP contribution is -2.63. The Balaban J connectivity index is 2.08. The molecule has 114 valence electrons. The number of nitrogens with zero attached hydrogens (tertiary/aromatic N) is 2. The maximum absolute atomic E-state index is 12.5. The Morgan fingerprint density at radius 1 is 1.29 bits per heavy atom. The molecule has 0 aromatic heterocycles. The number of piperazine rings is 1. The van der Waals surface area contributed by atoms with Gasteiger partial charge in [0, 0.05) is 32.6 Å². The molecule has 1 aromatic rings. The fourth-order valence-electron chi connectivity index (χ4n) is 2.77. The first-order chi connectivity index (χ1) is 9.84. The van der Waals surface area contributed by atoms with Gasteiger partial charge < -0.3 is 15.5 Å². The van der Waals surface area contributed by atoms with Crippen LogP contribution in [0.4, 0.5) is 0 Å². The summed E-state index contributed by atoms with van der Waals surface area (Å²) in [7, 11) is 1.77. The summed E-state index contributed by atoms with van der Waals surface area (Å²) < 4.78 is 0. The normalized spacial score (nSPS) is 19.5. The predicted octanol–water partition coefficient (Wildman–Crippen LogP) is 1.16. The second-order valence-electron chi connectivity index (χ2n) is 6.05. The van der Waals surface area contributed by atoms with Gasteiger partial charge in [-0.2, -0.15) is 0 Å². The lowest BCUT2D eigenvalue weighted by molar-refractivity contribution is -0.157. The molecule has 2 N–H and O–H groups in total. The Bertz CT molecular complexity index is 528. The minimum absolute atomic E-state index is 0.0321. The lowest BCUT2D eigenvalue weighted by atomic mass is 9.95. The average molecular weight is 289 g/mol. The van der Waals surface area contributed by atoms with Crippen LogP contribution in [-0.2, 0) is 9.59 Å². The van der Waals surface area contributed by atoms with E-state index in [9.17, 15) is 9.59 Å². The lowest BCUT2D eigenvalue weighted by Gasteiger charge is -2.45. The number of likely N-dealkylation sites (N-methyl/N-ethyl adjacent to an activating group) is 1. The summed E-state index contributed by atoms with van der Waals surface area (Å²) in [6, 6.07) is 9.21. The number of amides is 2. The van der Waals surface area contributed by atoms with Crippen molar-refractivity contribution >= 4 is 11.8 Å². The monoisotopic (exact) mass is 289 g/mol. The first kappa shape index (κ1) is 15.5. The van der Waals surface area contributed by atoms with Gasteiger partial charge in [-0.25, -0.2) is 0 Å². The standard InChI is InChI=1S/C16H23N3O2/c1-16(2)15(21)18(3)9-10-19(16)14(20)11-13(17)12-7-5-4-6-8-12/h4-8,13H,9-11,17H2,1-3H3. The molecular weight excluding hydrogens is 266 g/mol. The maximum Gasteiger partial charge on any atom is 0.247 e. The van der Waals surface area contributed by atoms with Gasteiger partial charge in [-0.15, -0.1) is 0 Å². The quantitative estimate of drug-likeness (QED) is 0.908. The molecule has 1 saturated heterocycles. The van der Waals surface area contributed by atoms with Crippen molar-refractivity contribution < 1.29 is 9.59 Å². The van der Waals surface area contributed by atoms with Crippen LogP contribution in [0.5, 0.6) is 0 Å². The summed E-state index contributed by atoms with van der Waals surface area (Å²) in [6.45, 7) is 4.69. The topological polar surface area (TPSA) is 66.6 Å². The third-order valence-electron chi connectivity index (χ3n) is 4.13. The van der Waals surface area contributed by atoms with Crippen LogP contribution in [0.15, 0.2) is 30.3 Å². The highest BCUT2D eigenvalue weighted by atomic mass is 16.2. The molecule has 5 heteroatoms. The summed E-state index contributed by atoms with van der Waals surface area (Å²) in [5.41, 5.74) is 6.24. The predicted molar refractivity (Wildman–Crippen MR) is 81.4 cm³/mol. The Morgan fingerprint density at radius 3 is 2.52 bits per heavy atom. The zero-order valence-electron chi connectivity index (χ0n) is 12.9. The molecule has 0 radical (unpaired) electrons. The van der Waals surface area contributed by atoms with Crippen LogP contribution in [0.2, 0.25) is 0 Å². The van der Waals surface area contributed by atoms with Crippen molar-refractivity contribution in [2.45, 2.75) is 31.8 Å². The van der Waals surface area contributed by atoms with Crippen LogP contribution in [0.1, 0.15) is 31.9 Å². The molecule has 1 fully saturated rings. The van der Waals surface area contributed by atoms with Crippen LogP contribution >= 0.6 is 0 Å². The van der Waals surface area contributed by atoms with Gasteiger partial charge in [-0.3, -0.25) is 9.59 Å². The maximum atomic E-state index is 12.5. The van der Waals surface area contributed by atoms with Gasteiger partial charge >= 0.3 is 0 Å². The smallest absolute Gasteiger partial charge is 0.247 e. The Labute approximate surface area is 125 Å². The number of hydrogen-bond donors (Lipinski definition) is 1. The number of nitrogens with two attached hydrogens (primary N) is 1. The molecule has 5 nitrogen and oxygen atoms in total. The second kappa shape index (κ2) is 5.85. The zero-order valence-corrected chi connectivity index (χ0v) is 12.9. The summed E-state index contributed by atoms with van der Waals surface area (Å²) in [6.07, 6.45) is 0.213. The summed E-state index contributed by atoms with van der Waals surface area (Å²) in [4.78, 5) is 28.1. The first-order valence-corrected chi connectivity index (χ1v) is 7.20. The highest BCUT2D eigenvalue weighted by Crippen LogP contribution is 2.24. The molecule has 2 rings (SSSR count). The van der Waals surface area contributed by atoms with Crippen LogP contribution in [0.25, 0.3) is 0 Å². The third-order valence-corrected chi connectivity index (χ3v) is 4.13. The van der Waals surface area contributed by atoms with Crippen molar-refractivity contribution in [3.63, 3.8) is 0 Å². The van der Waals surface area contributed by atoms with E-state index in [1.165, 1.54) is 0 Å². The third kappa shape index (κ3) is 3.08. The van der Waals surface area contributed by atoms with E-state index in [1.54, 1.807) is 30.7 Å². The molecule has 0 spiro atoms. The largest absolute Gasteiger partial charge is 0.342 e. The van der Waals surface area contributed by atoms with Crippen molar-refractivity contribution in [2.24, 2.45) is 5.73 Å². The van der Waals surface area contributed by atoms with Crippen LogP contribution in [0, 0.1) is 0 Å². The van der Waals surface area contributed by atoms with Crippen molar-refractivity contribution in [2.75, 3.05) is 20.1 Å². The number of rotatable bonds is 3. The van der Waals surface area contributed by atoms with Crippen molar-refractivity contribution in [1.29, 1.82) is 0 Å². The average Bonchev–Trinajstić information content (AvgIpc) is 2.45. The van der Waals surface area contributed by atoms with Crippen molar-refractivity contribution in [3.05, 3.63) is 35.9 Å². The van der Waals surface area contributed by atoms with E-state index >= 15 is 0 Å². The van der Waals surface area contributed by atoms with Gasteiger partial charge in [0.15, 0.2) is 0 Å². The molecular formula is C16H23N3O2. The molecule has 0 aliphatic carbocycles. The Hall–Kier alpha value is -1.88. The molecule has 1 unspecified atom stereocenters. The van der Waals surface area contributed by atoms with E-state index in [2.05, 4.69) is 0 Å². The van der Waals surface area contributed by atoms with Gasteiger partial charge in [0.1, 0.15) is 5.54 Å². The zero-order chi connectivity index (χ0) is 15.6. The van der Waals surface area contributed by atoms with Gasteiger partial charge in [0.2, 0.25) is 11.8 Å². The van der Waals surface area contributed by atoms with E-state index in [0.29, 0.717) is 13.1 Å². The van der Waals surface area contributed by atoms with Crippen LogP contribution in [-0.4, -0.2) is 47.3 Å². The van der Waals surface area contributed by atoms with Gasteiger partial charge in [-0.1, -0.05) is 30.3 Å². The van der Waals surface area contributed by atoms with E-state index in [4.69, 9.17) is 5.73 Å². The number of benzene rings is 1. The van der Waals surface area contributed by atoms with Crippen LogP contribution < -0.4 is 5.73 Å². The SMILES string of the molecule is CN1CCN(C(=O)CC(N)c2ccccc2)C(C)(C)C1=O. The molecule has 0 bridgehead atoms. The minimum atomic E-state index is -0.805. The van der Waals surface area contributed by atoms with E-state index in [-0.39, 0.29) is 24.3 Å². The molecule has 1 heterocycles. The number of hydrogen-bond acceptors (Lipinski definition) is 3. The van der Waals surface area contributed by atoms with Crippen LogP contribution in [0.3, 0.4) is 0 Å². The highest BCUT2D eigenvalue weighted by Gasteiger charge is 2.42.